The Morgan fingerprint density at radius 1 is 0.857 bits per heavy atom. The van der Waals surface area contributed by atoms with E-state index in [1.54, 1.807) is 0 Å². The van der Waals surface area contributed by atoms with Crippen molar-refractivity contribution < 1.29 is 26.7 Å². The molecule has 0 amide bonds. The van der Waals surface area contributed by atoms with E-state index in [0.717, 1.165) is 24.3 Å². The summed E-state index contributed by atoms with van der Waals surface area (Å²) >= 11 is 0. The van der Waals surface area contributed by atoms with Gasteiger partial charge >= 0.3 is 6.36 Å². The molecule has 21 heavy (non-hydrogen) atoms. The summed E-state index contributed by atoms with van der Waals surface area (Å²) in [5.41, 5.74) is 6.60. The minimum atomic E-state index is -4.77. The van der Waals surface area contributed by atoms with Crippen molar-refractivity contribution in [3.05, 3.63) is 65.2 Å². The third-order valence-corrected chi connectivity index (χ3v) is 2.78. The first-order chi connectivity index (χ1) is 9.76. The SMILES string of the molecule is N[C@H](c1ccc(OC(F)(F)F)cc1)c1ccc(F)c(F)c1. The number of hydrogen-bond acceptors (Lipinski definition) is 2. The molecule has 112 valence electrons. The molecule has 2 aromatic rings. The molecule has 2 rings (SSSR count). The van der Waals surface area contributed by atoms with E-state index < -0.39 is 24.0 Å². The van der Waals surface area contributed by atoms with Crippen LogP contribution >= 0.6 is 0 Å². The highest BCUT2D eigenvalue weighted by molar-refractivity contribution is 5.35. The van der Waals surface area contributed by atoms with Crippen LogP contribution < -0.4 is 10.5 Å². The van der Waals surface area contributed by atoms with Crippen molar-refractivity contribution in [1.82, 2.24) is 0 Å². The van der Waals surface area contributed by atoms with Gasteiger partial charge in [-0.05, 0) is 35.4 Å². The number of hydrogen-bond donors (Lipinski definition) is 1. The molecule has 0 aromatic heterocycles. The van der Waals surface area contributed by atoms with Gasteiger partial charge < -0.3 is 10.5 Å². The molecular formula is C14H10F5NO. The van der Waals surface area contributed by atoms with Crippen LogP contribution in [-0.2, 0) is 0 Å². The Bertz CT molecular complexity index is 624. The molecule has 0 bridgehead atoms. The molecule has 0 unspecified atom stereocenters. The molecule has 1 atom stereocenters. The zero-order valence-electron chi connectivity index (χ0n) is 10.5. The number of rotatable bonds is 3. The van der Waals surface area contributed by atoms with Crippen LogP contribution in [0.5, 0.6) is 5.75 Å². The first-order valence-electron chi connectivity index (χ1n) is 5.82. The van der Waals surface area contributed by atoms with Gasteiger partial charge in [-0.2, -0.15) is 0 Å². The lowest BCUT2D eigenvalue weighted by molar-refractivity contribution is -0.274. The maximum Gasteiger partial charge on any atom is 0.573 e. The molecule has 2 nitrogen and oxygen atoms in total. The molecule has 0 radical (unpaired) electrons. The highest BCUT2D eigenvalue weighted by atomic mass is 19.4. The number of benzene rings is 2. The standard InChI is InChI=1S/C14H10F5NO/c15-11-6-3-9(7-12(11)16)13(20)8-1-4-10(5-2-8)21-14(17,18)19/h1-7,13H,20H2/t13-/m1/s1. The van der Waals surface area contributed by atoms with Crippen molar-refractivity contribution in [3.63, 3.8) is 0 Å². The first kappa shape index (κ1) is 15.2. The van der Waals surface area contributed by atoms with Gasteiger partial charge in [0.2, 0.25) is 0 Å². The van der Waals surface area contributed by atoms with Gasteiger partial charge in [0.25, 0.3) is 0 Å². The van der Waals surface area contributed by atoms with E-state index in [1.165, 1.54) is 18.2 Å². The van der Waals surface area contributed by atoms with E-state index in [1.807, 2.05) is 0 Å². The third-order valence-electron chi connectivity index (χ3n) is 2.78. The van der Waals surface area contributed by atoms with Crippen molar-refractivity contribution >= 4 is 0 Å². The quantitative estimate of drug-likeness (QED) is 0.873. The van der Waals surface area contributed by atoms with Crippen LogP contribution in [0, 0.1) is 11.6 Å². The lowest BCUT2D eigenvalue weighted by Gasteiger charge is -2.14. The second kappa shape index (κ2) is 5.69. The van der Waals surface area contributed by atoms with E-state index in [9.17, 15) is 22.0 Å². The number of alkyl halides is 3. The molecule has 0 spiro atoms. The molecule has 0 saturated carbocycles. The maximum absolute atomic E-state index is 13.1. The predicted octanol–water partition coefficient (Wildman–Crippen LogP) is 3.91. The van der Waals surface area contributed by atoms with E-state index in [2.05, 4.69) is 4.74 Å². The summed E-state index contributed by atoms with van der Waals surface area (Å²) in [7, 11) is 0. The van der Waals surface area contributed by atoms with Crippen LogP contribution in [0.1, 0.15) is 17.2 Å². The van der Waals surface area contributed by atoms with E-state index in [4.69, 9.17) is 5.73 Å². The molecule has 2 N–H and O–H groups in total. The Labute approximate surface area is 116 Å². The van der Waals surface area contributed by atoms with Gasteiger partial charge in [-0.1, -0.05) is 18.2 Å². The lowest BCUT2D eigenvalue weighted by atomic mass is 9.99. The maximum atomic E-state index is 13.1. The normalized spacial score (nSPS) is 13.0. The Hall–Kier alpha value is -2.15. The van der Waals surface area contributed by atoms with Crippen molar-refractivity contribution in [2.24, 2.45) is 5.73 Å². The summed E-state index contributed by atoms with van der Waals surface area (Å²) in [6.45, 7) is 0. The van der Waals surface area contributed by atoms with Crippen LogP contribution in [0.2, 0.25) is 0 Å². The topological polar surface area (TPSA) is 35.2 Å². The Morgan fingerprint density at radius 3 is 1.95 bits per heavy atom. The van der Waals surface area contributed by atoms with Crippen LogP contribution in [0.3, 0.4) is 0 Å². The van der Waals surface area contributed by atoms with Gasteiger partial charge in [0, 0.05) is 0 Å². The minimum absolute atomic E-state index is 0.304. The molecular weight excluding hydrogens is 293 g/mol. The molecule has 0 heterocycles. The average molecular weight is 303 g/mol. The van der Waals surface area contributed by atoms with Crippen molar-refractivity contribution in [2.75, 3.05) is 0 Å². The van der Waals surface area contributed by atoms with Gasteiger partial charge in [0.1, 0.15) is 5.75 Å². The molecule has 2 aromatic carbocycles. The van der Waals surface area contributed by atoms with Crippen molar-refractivity contribution in [3.8, 4) is 5.75 Å². The largest absolute Gasteiger partial charge is 0.573 e. The molecule has 0 aliphatic heterocycles. The van der Waals surface area contributed by atoms with Crippen LogP contribution in [0.15, 0.2) is 42.5 Å². The lowest BCUT2D eigenvalue weighted by Crippen LogP contribution is -2.17. The van der Waals surface area contributed by atoms with Crippen LogP contribution in [0.4, 0.5) is 22.0 Å². The number of halogens is 5. The summed E-state index contributed by atoms with van der Waals surface area (Å²) in [6, 6.07) is 7.25. The van der Waals surface area contributed by atoms with E-state index in [-0.39, 0.29) is 5.75 Å². The highest BCUT2D eigenvalue weighted by Crippen LogP contribution is 2.26. The van der Waals surface area contributed by atoms with Gasteiger partial charge in [-0.25, -0.2) is 8.78 Å². The summed E-state index contributed by atoms with van der Waals surface area (Å²) in [5, 5.41) is 0. The van der Waals surface area contributed by atoms with Crippen LogP contribution in [-0.4, -0.2) is 6.36 Å². The zero-order valence-corrected chi connectivity index (χ0v) is 10.5. The Balaban J connectivity index is 2.19. The molecule has 7 heteroatoms. The molecule has 0 saturated heterocycles. The molecule has 0 fully saturated rings. The number of nitrogens with two attached hydrogens (primary N) is 1. The van der Waals surface area contributed by atoms with Crippen molar-refractivity contribution in [2.45, 2.75) is 12.4 Å². The van der Waals surface area contributed by atoms with Gasteiger partial charge in [0.15, 0.2) is 11.6 Å². The predicted molar refractivity (Wildman–Crippen MR) is 65.5 cm³/mol. The second-order valence-corrected chi connectivity index (χ2v) is 4.27. The van der Waals surface area contributed by atoms with Crippen LogP contribution in [0.25, 0.3) is 0 Å². The van der Waals surface area contributed by atoms with E-state index >= 15 is 0 Å². The second-order valence-electron chi connectivity index (χ2n) is 4.27. The van der Waals surface area contributed by atoms with Gasteiger partial charge in [0.05, 0.1) is 6.04 Å². The summed E-state index contributed by atoms with van der Waals surface area (Å²) < 4.78 is 65.8. The van der Waals surface area contributed by atoms with Crippen molar-refractivity contribution in [1.29, 1.82) is 0 Å². The van der Waals surface area contributed by atoms with E-state index in [0.29, 0.717) is 11.1 Å². The highest BCUT2D eigenvalue weighted by Gasteiger charge is 2.31. The molecule has 0 aliphatic carbocycles. The Kier molecular flexibility index (Phi) is 4.13. The van der Waals surface area contributed by atoms with Gasteiger partial charge in [-0.3, -0.25) is 0 Å². The minimum Gasteiger partial charge on any atom is -0.406 e. The van der Waals surface area contributed by atoms with Gasteiger partial charge in [-0.15, -0.1) is 13.2 Å². The average Bonchev–Trinajstić information content (AvgIpc) is 2.40. The summed E-state index contributed by atoms with van der Waals surface area (Å²) in [4.78, 5) is 0. The molecule has 0 aliphatic rings. The number of ether oxygens (including phenoxy) is 1. The summed E-state index contributed by atoms with van der Waals surface area (Å²) in [5.74, 6) is -2.43. The fraction of sp³-hybridized carbons (Fsp3) is 0.143. The summed E-state index contributed by atoms with van der Waals surface area (Å²) in [6.07, 6.45) is -4.77. The fourth-order valence-electron chi connectivity index (χ4n) is 1.78. The third kappa shape index (κ3) is 3.91. The first-order valence-corrected chi connectivity index (χ1v) is 5.82. The monoisotopic (exact) mass is 303 g/mol. The fourth-order valence-corrected chi connectivity index (χ4v) is 1.78. The zero-order chi connectivity index (χ0) is 15.6. The Morgan fingerprint density at radius 2 is 1.43 bits per heavy atom. The smallest absolute Gasteiger partial charge is 0.406 e.